The van der Waals surface area contributed by atoms with Crippen LogP contribution in [0.4, 0.5) is 5.69 Å². The number of para-hydroxylation sites is 1. The molecular formula is C14H19N5. The minimum atomic E-state index is 0.915. The van der Waals surface area contributed by atoms with Crippen molar-refractivity contribution in [2.75, 3.05) is 18.4 Å². The number of benzene rings is 1. The summed E-state index contributed by atoms with van der Waals surface area (Å²) in [6.45, 7) is 3.90. The van der Waals surface area contributed by atoms with Crippen LogP contribution >= 0.6 is 0 Å². The van der Waals surface area contributed by atoms with Crippen LogP contribution in [0.15, 0.2) is 30.6 Å². The Bertz CT molecular complexity index is 521. The summed E-state index contributed by atoms with van der Waals surface area (Å²) in [5, 5.41) is 14.7. The standard InChI is InChI=1S/C14H19N5/c1-3-12-5-7-16-14(12)13(4-1)11-15-6-2-9-19-10-8-17-18-19/h1,3-4,8,10,15-16H,2,5-7,9,11H2. The Balaban J connectivity index is 1.44. The van der Waals surface area contributed by atoms with Gasteiger partial charge in [-0.25, -0.2) is 0 Å². The fourth-order valence-electron chi connectivity index (χ4n) is 2.50. The van der Waals surface area contributed by atoms with Crippen molar-refractivity contribution in [1.82, 2.24) is 20.3 Å². The first-order chi connectivity index (χ1) is 9.43. The summed E-state index contributed by atoms with van der Waals surface area (Å²) in [6.07, 6.45) is 5.82. The van der Waals surface area contributed by atoms with Crippen LogP contribution in [0.1, 0.15) is 17.5 Å². The van der Waals surface area contributed by atoms with Gasteiger partial charge >= 0.3 is 0 Å². The van der Waals surface area contributed by atoms with E-state index in [4.69, 9.17) is 0 Å². The number of fused-ring (bicyclic) bond motifs is 1. The molecule has 0 aliphatic carbocycles. The van der Waals surface area contributed by atoms with Crippen LogP contribution in [0, 0.1) is 0 Å². The van der Waals surface area contributed by atoms with Crippen LogP contribution in [0.2, 0.25) is 0 Å². The van der Waals surface area contributed by atoms with Crippen LogP contribution in [-0.2, 0) is 19.5 Å². The van der Waals surface area contributed by atoms with E-state index in [-0.39, 0.29) is 0 Å². The van der Waals surface area contributed by atoms with Gasteiger partial charge in [0.05, 0.1) is 6.20 Å². The summed E-state index contributed by atoms with van der Waals surface area (Å²) < 4.78 is 1.86. The van der Waals surface area contributed by atoms with Crippen molar-refractivity contribution in [2.45, 2.75) is 25.9 Å². The van der Waals surface area contributed by atoms with Gasteiger partial charge in [-0.2, -0.15) is 0 Å². The SMILES string of the molecule is c1cc2c(c(CNCCCn3ccnn3)c1)NCC2. The average Bonchev–Trinajstić information content (AvgIpc) is 3.09. The molecule has 0 atom stereocenters. The van der Waals surface area contributed by atoms with Crippen molar-refractivity contribution in [3.05, 3.63) is 41.7 Å². The van der Waals surface area contributed by atoms with Crippen LogP contribution < -0.4 is 10.6 Å². The van der Waals surface area contributed by atoms with Gasteiger partial charge in [-0.1, -0.05) is 23.4 Å². The molecule has 0 radical (unpaired) electrons. The van der Waals surface area contributed by atoms with Crippen molar-refractivity contribution in [2.24, 2.45) is 0 Å². The molecule has 2 heterocycles. The number of aromatic nitrogens is 3. The largest absolute Gasteiger partial charge is 0.384 e. The Morgan fingerprint density at radius 2 is 2.37 bits per heavy atom. The summed E-state index contributed by atoms with van der Waals surface area (Å²) in [5.41, 5.74) is 4.16. The van der Waals surface area contributed by atoms with Crippen LogP contribution in [0.5, 0.6) is 0 Å². The first-order valence-corrected chi connectivity index (χ1v) is 6.83. The van der Waals surface area contributed by atoms with Crippen LogP contribution in [0.3, 0.4) is 0 Å². The van der Waals surface area contributed by atoms with E-state index in [1.54, 1.807) is 6.20 Å². The summed E-state index contributed by atoms with van der Waals surface area (Å²) in [7, 11) is 0. The van der Waals surface area contributed by atoms with E-state index in [1.165, 1.54) is 16.8 Å². The highest BCUT2D eigenvalue weighted by Gasteiger charge is 2.12. The second-order valence-corrected chi connectivity index (χ2v) is 4.82. The lowest BCUT2D eigenvalue weighted by atomic mass is 10.1. The minimum Gasteiger partial charge on any atom is -0.384 e. The monoisotopic (exact) mass is 257 g/mol. The van der Waals surface area contributed by atoms with E-state index in [1.807, 2.05) is 10.9 Å². The van der Waals surface area contributed by atoms with E-state index in [0.717, 1.165) is 39.0 Å². The molecule has 100 valence electrons. The van der Waals surface area contributed by atoms with Crippen molar-refractivity contribution in [1.29, 1.82) is 0 Å². The molecule has 0 fully saturated rings. The molecule has 0 unspecified atom stereocenters. The molecule has 1 aliphatic heterocycles. The summed E-state index contributed by atoms with van der Waals surface area (Å²) in [4.78, 5) is 0. The maximum absolute atomic E-state index is 3.95. The molecule has 0 amide bonds. The molecule has 2 aromatic rings. The number of anilines is 1. The van der Waals surface area contributed by atoms with Gasteiger partial charge in [0.2, 0.25) is 0 Å². The molecule has 19 heavy (non-hydrogen) atoms. The smallest absolute Gasteiger partial charge is 0.0692 e. The lowest BCUT2D eigenvalue weighted by molar-refractivity contribution is 0.530. The lowest BCUT2D eigenvalue weighted by Gasteiger charge is -2.10. The van der Waals surface area contributed by atoms with Gasteiger partial charge in [0.15, 0.2) is 0 Å². The number of nitrogens with zero attached hydrogens (tertiary/aromatic N) is 3. The number of nitrogens with one attached hydrogen (secondary N) is 2. The molecule has 1 aliphatic rings. The van der Waals surface area contributed by atoms with E-state index in [9.17, 15) is 0 Å². The maximum atomic E-state index is 3.95. The van der Waals surface area contributed by atoms with E-state index < -0.39 is 0 Å². The van der Waals surface area contributed by atoms with Crippen molar-refractivity contribution in [3.8, 4) is 0 Å². The van der Waals surface area contributed by atoms with Gasteiger partial charge in [-0.15, -0.1) is 5.10 Å². The van der Waals surface area contributed by atoms with Gasteiger partial charge in [0, 0.05) is 31.5 Å². The lowest BCUT2D eigenvalue weighted by Crippen LogP contribution is -2.17. The minimum absolute atomic E-state index is 0.915. The highest BCUT2D eigenvalue weighted by Crippen LogP contribution is 2.25. The Morgan fingerprint density at radius 3 is 3.26 bits per heavy atom. The molecule has 0 saturated heterocycles. The van der Waals surface area contributed by atoms with Gasteiger partial charge in [-0.05, 0) is 30.5 Å². The Hall–Kier alpha value is -1.88. The zero-order valence-corrected chi connectivity index (χ0v) is 11.0. The third-order valence-electron chi connectivity index (χ3n) is 3.46. The summed E-state index contributed by atoms with van der Waals surface area (Å²) >= 11 is 0. The maximum Gasteiger partial charge on any atom is 0.0692 e. The molecule has 5 heteroatoms. The highest BCUT2D eigenvalue weighted by molar-refractivity contribution is 5.61. The molecule has 1 aromatic carbocycles. The molecule has 3 rings (SSSR count). The second kappa shape index (κ2) is 5.84. The van der Waals surface area contributed by atoms with Crippen molar-refractivity contribution >= 4 is 5.69 Å². The topological polar surface area (TPSA) is 54.8 Å². The van der Waals surface area contributed by atoms with Crippen molar-refractivity contribution in [3.63, 3.8) is 0 Å². The number of rotatable bonds is 6. The van der Waals surface area contributed by atoms with Crippen LogP contribution in [0.25, 0.3) is 0 Å². The predicted molar refractivity (Wildman–Crippen MR) is 75.0 cm³/mol. The Kier molecular flexibility index (Phi) is 3.74. The fourth-order valence-corrected chi connectivity index (χ4v) is 2.50. The van der Waals surface area contributed by atoms with Gasteiger partial charge < -0.3 is 10.6 Å². The number of aryl methyl sites for hydroxylation is 1. The predicted octanol–water partition coefficient (Wildman–Crippen LogP) is 1.43. The molecule has 1 aromatic heterocycles. The Labute approximate surface area is 113 Å². The van der Waals surface area contributed by atoms with Crippen molar-refractivity contribution < 1.29 is 0 Å². The van der Waals surface area contributed by atoms with E-state index >= 15 is 0 Å². The van der Waals surface area contributed by atoms with Crippen LogP contribution in [-0.4, -0.2) is 28.1 Å². The summed E-state index contributed by atoms with van der Waals surface area (Å²) in [6, 6.07) is 6.56. The molecule has 0 saturated carbocycles. The summed E-state index contributed by atoms with van der Waals surface area (Å²) in [5.74, 6) is 0. The van der Waals surface area contributed by atoms with E-state index in [2.05, 4.69) is 39.1 Å². The molecule has 2 N–H and O–H groups in total. The molecule has 0 bridgehead atoms. The first kappa shape index (κ1) is 12.2. The zero-order valence-electron chi connectivity index (χ0n) is 11.0. The number of hydrogen-bond acceptors (Lipinski definition) is 4. The normalized spacial score (nSPS) is 13.3. The third kappa shape index (κ3) is 2.93. The van der Waals surface area contributed by atoms with E-state index in [0.29, 0.717) is 0 Å². The average molecular weight is 257 g/mol. The first-order valence-electron chi connectivity index (χ1n) is 6.83. The second-order valence-electron chi connectivity index (χ2n) is 4.82. The van der Waals surface area contributed by atoms with Gasteiger partial charge in [-0.3, -0.25) is 4.68 Å². The number of hydrogen-bond donors (Lipinski definition) is 2. The van der Waals surface area contributed by atoms with Gasteiger partial charge in [0.1, 0.15) is 0 Å². The quantitative estimate of drug-likeness (QED) is 0.769. The zero-order chi connectivity index (χ0) is 12.9. The molecule has 0 spiro atoms. The van der Waals surface area contributed by atoms with Gasteiger partial charge in [0.25, 0.3) is 0 Å². The highest BCUT2D eigenvalue weighted by atomic mass is 15.4. The fraction of sp³-hybridized carbons (Fsp3) is 0.429. The molecular weight excluding hydrogens is 238 g/mol. The Morgan fingerprint density at radius 1 is 1.37 bits per heavy atom. The third-order valence-corrected chi connectivity index (χ3v) is 3.46. The molecule has 5 nitrogen and oxygen atoms in total.